The van der Waals surface area contributed by atoms with E-state index in [1.165, 1.54) is 32.1 Å². The van der Waals surface area contributed by atoms with Crippen molar-refractivity contribution in [1.82, 2.24) is 9.97 Å². The Labute approximate surface area is 108 Å². The van der Waals surface area contributed by atoms with Crippen molar-refractivity contribution in [2.45, 2.75) is 51.9 Å². The molecule has 0 radical (unpaired) electrons. The molecule has 98 valence electrons. The summed E-state index contributed by atoms with van der Waals surface area (Å²) in [6.07, 6.45) is 9.83. The minimum Gasteiger partial charge on any atom is -0.295 e. The smallest absolute Gasteiger partial charge is 0.229 e. The molecule has 0 bridgehead atoms. The summed E-state index contributed by atoms with van der Waals surface area (Å²) in [7, 11) is 0. The van der Waals surface area contributed by atoms with E-state index in [2.05, 4.69) is 15.3 Å². The summed E-state index contributed by atoms with van der Waals surface area (Å²) < 4.78 is 0. The Balaban J connectivity index is 1.74. The van der Waals surface area contributed by atoms with Crippen molar-refractivity contribution in [3.8, 4) is 0 Å². The van der Waals surface area contributed by atoms with Gasteiger partial charge in [0.05, 0.1) is 0 Å². The maximum atomic E-state index is 11.8. The first-order valence-corrected chi connectivity index (χ1v) is 6.83. The molecule has 0 aliphatic heterocycles. The standard InChI is InChI=1S/C14H21N3O/c1-11-9-10-15-14(16-11)17-13(18)8-7-12-5-3-2-4-6-12/h9-10,12H,2-8H2,1H3,(H,15,16,17,18). The van der Waals surface area contributed by atoms with Gasteiger partial charge in [0.2, 0.25) is 11.9 Å². The second-order valence-electron chi connectivity index (χ2n) is 5.11. The number of aryl methyl sites for hydroxylation is 1. The van der Waals surface area contributed by atoms with E-state index in [0.717, 1.165) is 18.0 Å². The molecule has 0 aromatic carbocycles. The van der Waals surface area contributed by atoms with Crippen LogP contribution in [0.2, 0.25) is 0 Å². The molecular formula is C14H21N3O. The average molecular weight is 247 g/mol. The summed E-state index contributed by atoms with van der Waals surface area (Å²) in [6, 6.07) is 1.82. The molecule has 0 unspecified atom stereocenters. The van der Waals surface area contributed by atoms with Crippen molar-refractivity contribution < 1.29 is 4.79 Å². The lowest BCUT2D eigenvalue weighted by atomic mass is 9.86. The van der Waals surface area contributed by atoms with Gasteiger partial charge in [0.15, 0.2) is 0 Å². The predicted octanol–water partition coefficient (Wildman–Crippen LogP) is 3.08. The van der Waals surface area contributed by atoms with E-state index in [9.17, 15) is 4.79 Å². The van der Waals surface area contributed by atoms with Crippen LogP contribution in [-0.4, -0.2) is 15.9 Å². The fourth-order valence-electron chi connectivity index (χ4n) is 2.51. The van der Waals surface area contributed by atoms with Gasteiger partial charge in [-0.25, -0.2) is 9.97 Å². The molecule has 1 fully saturated rings. The molecular weight excluding hydrogens is 226 g/mol. The second-order valence-corrected chi connectivity index (χ2v) is 5.11. The molecule has 1 saturated carbocycles. The number of rotatable bonds is 4. The zero-order chi connectivity index (χ0) is 12.8. The van der Waals surface area contributed by atoms with Crippen LogP contribution in [0.15, 0.2) is 12.3 Å². The number of carbonyl (C=O) groups is 1. The van der Waals surface area contributed by atoms with Crippen LogP contribution in [0, 0.1) is 12.8 Å². The highest BCUT2D eigenvalue weighted by molar-refractivity contribution is 5.88. The fraction of sp³-hybridized carbons (Fsp3) is 0.643. The number of hydrogen-bond acceptors (Lipinski definition) is 3. The normalized spacial score (nSPS) is 16.5. The number of anilines is 1. The second kappa shape index (κ2) is 6.47. The third-order valence-corrected chi connectivity index (χ3v) is 3.55. The highest BCUT2D eigenvalue weighted by Crippen LogP contribution is 2.27. The van der Waals surface area contributed by atoms with E-state index in [0.29, 0.717) is 12.4 Å². The monoisotopic (exact) mass is 247 g/mol. The van der Waals surface area contributed by atoms with Crippen LogP contribution in [0.25, 0.3) is 0 Å². The Morgan fingerprint density at radius 1 is 1.39 bits per heavy atom. The van der Waals surface area contributed by atoms with Gasteiger partial charge in [-0.3, -0.25) is 10.1 Å². The van der Waals surface area contributed by atoms with Crippen molar-refractivity contribution in [1.29, 1.82) is 0 Å². The van der Waals surface area contributed by atoms with Gasteiger partial charge in [-0.15, -0.1) is 0 Å². The van der Waals surface area contributed by atoms with Crippen LogP contribution in [-0.2, 0) is 4.79 Å². The zero-order valence-corrected chi connectivity index (χ0v) is 11.0. The van der Waals surface area contributed by atoms with E-state index >= 15 is 0 Å². The first-order chi connectivity index (χ1) is 8.74. The molecule has 0 spiro atoms. The first-order valence-electron chi connectivity index (χ1n) is 6.83. The van der Waals surface area contributed by atoms with E-state index in [-0.39, 0.29) is 5.91 Å². The summed E-state index contributed by atoms with van der Waals surface area (Å²) in [4.78, 5) is 20.0. The SMILES string of the molecule is Cc1ccnc(NC(=O)CCC2CCCCC2)n1. The number of carbonyl (C=O) groups excluding carboxylic acids is 1. The van der Waals surface area contributed by atoms with Crippen molar-refractivity contribution in [3.05, 3.63) is 18.0 Å². The van der Waals surface area contributed by atoms with E-state index < -0.39 is 0 Å². The maximum absolute atomic E-state index is 11.8. The molecule has 1 aromatic heterocycles. The lowest BCUT2D eigenvalue weighted by molar-refractivity contribution is -0.116. The van der Waals surface area contributed by atoms with Crippen molar-refractivity contribution in [2.75, 3.05) is 5.32 Å². The zero-order valence-electron chi connectivity index (χ0n) is 11.0. The first kappa shape index (κ1) is 13.0. The highest BCUT2D eigenvalue weighted by Gasteiger charge is 2.15. The Kier molecular flexibility index (Phi) is 4.67. The van der Waals surface area contributed by atoms with Crippen LogP contribution in [0.3, 0.4) is 0 Å². The van der Waals surface area contributed by atoms with E-state index in [4.69, 9.17) is 0 Å². The molecule has 4 heteroatoms. The summed E-state index contributed by atoms with van der Waals surface area (Å²) in [6.45, 7) is 1.89. The molecule has 1 N–H and O–H groups in total. The molecule has 1 heterocycles. The Morgan fingerprint density at radius 2 is 2.17 bits per heavy atom. The summed E-state index contributed by atoms with van der Waals surface area (Å²) in [5, 5.41) is 2.76. The molecule has 4 nitrogen and oxygen atoms in total. The van der Waals surface area contributed by atoms with Crippen molar-refractivity contribution in [3.63, 3.8) is 0 Å². The van der Waals surface area contributed by atoms with Crippen molar-refractivity contribution in [2.24, 2.45) is 5.92 Å². The number of nitrogens with zero attached hydrogens (tertiary/aromatic N) is 2. The van der Waals surface area contributed by atoms with Crippen LogP contribution >= 0.6 is 0 Å². The summed E-state index contributed by atoms with van der Waals surface area (Å²) in [5.74, 6) is 1.19. The van der Waals surface area contributed by atoms with E-state index in [1.807, 2.05) is 13.0 Å². The van der Waals surface area contributed by atoms with Crippen LogP contribution in [0.4, 0.5) is 5.95 Å². The fourth-order valence-corrected chi connectivity index (χ4v) is 2.51. The van der Waals surface area contributed by atoms with Crippen LogP contribution in [0.5, 0.6) is 0 Å². The Hall–Kier alpha value is -1.45. The van der Waals surface area contributed by atoms with Crippen LogP contribution < -0.4 is 5.32 Å². The lowest BCUT2D eigenvalue weighted by Crippen LogP contribution is -2.16. The minimum atomic E-state index is 0.0335. The quantitative estimate of drug-likeness (QED) is 0.889. The number of aromatic nitrogens is 2. The molecule has 1 aliphatic rings. The summed E-state index contributed by atoms with van der Waals surface area (Å²) >= 11 is 0. The molecule has 0 atom stereocenters. The van der Waals surface area contributed by atoms with Gasteiger partial charge < -0.3 is 0 Å². The maximum Gasteiger partial charge on any atom is 0.229 e. The van der Waals surface area contributed by atoms with Gasteiger partial charge in [0.25, 0.3) is 0 Å². The van der Waals surface area contributed by atoms with Crippen molar-refractivity contribution >= 4 is 11.9 Å². The Bertz CT molecular complexity index is 400. The third-order valence-electron chi connectivity index (χ3n) is 3.55. The summed E-state index contributed by atoms with van der Waals surface area (Å²) in [5.41, 5.74) is 0.868. The average Bonchev–Trinajstić information content (AvgIpc) is 2.38. The molecule has 1 aliphatic carbocycles. The molecule has 18 heavy (non-hydrogen) atoms. The number of amides is 1. The number of nitrogens with one attached hydrogen (secondary N) is 1. The van der Waals surface area contributed by atoms with Gasteiger partial charge in [0.1, 0.15) is 0 Å². The van der Waals surface area contributed by atoms with Gasteiger partial charge in [-0.05, 0) is 25.3 Å². The Morgan fingerprint density at radius 3 is 2.89 bits per heavy atom. The van der Waals surface area contributed by atoms with Gasteiger partial charge in [-0.1, -0.05) is 32.1 Å². The van der Waals surface area contributed by atoms with E-state index in [1.54, 1.807) is 6.20 Å². The number of hydrogen-bond donors (Lipinski definition) is 1. The van der Waals surface area contributed by atoms with Gasteiger partial charge in [0, 0.05) is 18.3 Å². The highest BCUT2D eigenvalue weighted by atomic mass is 16.1. The third kappa shape index (κ3) is 4.09. The largest absolute Gasteiger partial charge is 0.295 e. The molecule has 1 aromatic rings. The van der Waals surface area contributed by atoms with Gasteiger partial charge in [-0.2, -0.15) is 0 Å². The molecule has 2 rings (SSSR count). The van der Waals surface area contributed by atoms with Gasteiger partial charge >= 0.3 is 0 Å². The lowest BCUT2D eigenvalue weighted by Gasteiger charge is -2.20. The minimum absolute atomic E-state index is 0.0335. The topological polar surface area (TPSA) is 54.9 Å². The molecule has 0 saturated heterocycles. The predicted molar refractivity (Wildman–Crippen MR) is 71.2 cm³/mol. The van der Waals surface area contributed by atoms with Crippen LogP contribution in [0.1, 0.15) is 50.6 Å². The molecule has 1 amide bonds.